The maximum absolute atomic E-state index is 10.2. The van der Waals surface area contributed by atoms with E-state index in [9.17, 15) is 5.11 Å². The zero-order chi connectivity index (χ0) is 16.8. The molecule has 124 valence electrons. The van der Waals surface area contributed by atoms with Crippen molar-refractivity contribution in [2.45, 2.75) is 12.6 Å². The second-order valence-electron chi connectivity index (χ2n) is 6.00. The van der Waals surface area contributed by atoms with E-state index < -0.39 is 6.10 Å². The van der Waals surface area contributed by atoms with Crippen LogP contribution in [-0.4, -0.2) is 41.3 Å². The van der Waals surface area contributed by atoms with Gasteiger partial charge in [-0.3, -0.25) is 9.88 Å². The molecule has 3 aromatic rings. The largest absolute Gasteiger partial charge is 0.490 e. The van der Waals surface area contributed by atoms with Crippen molar-refractivity contribution in [1.29, 1.82) is 0 Å². The molecule has 0 saturated heterocycles. The van der Waals surface area contributed by atoms with Crippen molar-refractivity contribution in [3.63, 3.8) is 0 Å². The first-order valence-electron chi connectivity index (χ1n) is 8.08. The van der Waals surface area contributed by atoms with Gasteiger partial charge in [-0.1, -0.05) is 42.5 Å². The van der Waals surface area contributed by atoms with Gasteiger partial charge < -0.3 is 9.84 Å². The van der Waals surface area contributed by atoms with Crippen LogP contribution in [0.25, 0.3) is 10.8 Å². The predicted molar refractivity (Wildman–Crippen MR) is 96.0 cm³/mol. The van der Waals surface area contributed by atoms with Crippen molar-refractivity contribution in [1.82, 2.24) is 9.88 Å². The topological polar surface area (TPSA) is 45.6 Å². The number of fused-ring (bicyclic) bond motifs is 1. The molecule has 0 radical (unpaired) electrons. The Morgan fingerprint density at radius 1 is 1.08 bits per heavy atom. The SMILES string of the molecule is CN(Cc1cccnc1)CC(O)COc1cccc2ccccc12. The van der Waals surface area contributed by atoms with Crippen molar-refractivity contribution in [3.8, 4) is 5.75 Å². The van der Waals surface area contributed by atoms with Crippen molar-refractivity contribution in [2.24, 2.45) is 0 Å². The van der Waals surface area contributed by atoms with Gasteiger partial charge in [0.1, 0.15) is 18.5 Å². The number of aromatic nitrogens is 1. The quantitative estimate of drug-likeness (QED) is 0.726. The highest BCUT2D eigenvalue weighted by Gasteiger charge is 2.11. The van der Waals surface area contributed by atoms with Crippen LogP contribution in [0.1, 0.15) is 5.56 Å². The van der Waals surface area contributed by atoms with E-state index in [1.54, 1.807) is 6.20 Å². The van der Waals surface area contributed by atoms with E-state index in [0.29, 0.717) is 6.54 Å². The summed E-state index contributed by atoms with van der Waals surface area (Å²) in [4.78, 5) is 6.17. The average molecular weight is 322 g/mol. The molecule has 0 aliphatic carbocycles. The molecule has 0 aliphatic rings. The number of pyridine rings is 1. The summed E-state index contributed by atoms with van der Waals surface area (Å²) in [6, 6.07) is 18.0. The lowest BCUT2D eigenvalue weighted by atomic mass is 10.1. The van der Waals surface area contributed by atoms with Crippen molar-refractivity contribution < 1.29 is 9.84 Å². The molecule has 24 heavy (non-hydrogen) atoms. The van der Waals surface area contributed by atoms with Crippen LogP contribution in [0.15, 0.2) is 67.0 Å². The number of aliphatic hydroxyl groups excluding tert-OH is 1. The molecule has 1 atom stereocenters. The lowest BCUT2D eigenvalue weighted by molar-refractivity contribution is 0.0749. The number of rotatable bonds is 7. The number of likely N-dealkylation sites (N-methyl/N-ethyl adjacent to an activating group) is 1. The number of hydrogen-bond donors (Lipinski definition) is 1. The van der Waals surface area contributed by atoms with Crippen LogP contribution in [0.4, 0.5) is 0 Å². The monoisotopic (exact) mass is 322 g/mol. The Labute approximate surface area is 142 Å². The lowest BCUT2D eigenvalue weighted by Gasteiger charge is -2.21. The summed E-state index contributed by atoms with van der Waals surface area (Å²) in [6.07, 6.45) is 3.05. The fraction of sp³-hybridized carbons (Fsp3) is 0.250. The van der Waals surface area contributed by atoms with Crippen LogP contribution in [0.2, 0.25) is 0 Å². The van der Waals surface area contributed by atoms with Crippen molar-refractivity contribution in [2.75, 3.05) is 20.2 Å². The van der Waals surface area contributed by atoms with E-state index in [0.717, 1.165) is 28.6 Å². The molecule has 0 bridgehead atoms. The van der Waals surface area contributed by atoms with Gasteiger partial charge in [-0.15, -0.1) is 0 Å². The zero-order valence-electron chi connectivity index (χ0n) is 13.8. The first-order chi connectivity index (χ1) is 11.7. The molecule has 1 heterocycles. The molecular formula is C20H22N2O2. The third-order valence-electron chi connectivity index (χ3n) is 3.88. The average Bonchev–Trinajstić information content (AvgIpc) is 2.60. The summed E-state index contributed by atoms with van der Waals surface area (Å²) in [5.41, 5.74) is 1.13. The van der Waals surface area contributed by atoms with Gasteiger partial charge in [-0.05, 0) is 30.1 Å². The lowest BCUT2D eigenvalue weighted by Crippen LogP contribution is -2.32. The van der Waals surface area contributed by atoms with Crippen LogP contribution in [-0.2, 0) is 6.54 Å². The standard InChI is InChI=1S/C20H22N2O2/c1-22(13-16-6-5-11-21-12-16)14-18(23)15-24-20-10-4-8-17-7-2-3-9-19(17)20/h2-12,18,23H,13-15H2,1H3. The summed E-state index contributed by atoms with van der Waals surface area (Å²) in [7, 11) is 1.98. The van der Waals surface area contributed by atoms with Crippen molar-refractivity contribution in [3.05, 3.63) is 72.6 Å². The van der Waals surface area contributed by atoms with E-state index >= 15 is 0 Å². The van der Waals surface area contributed by atoms with Gasteiger partial charge in [0.25, 0.3) is 0 Å². The van der Waals surface area contributed by atoms with Gasteiger partial charge in [0, 0.05) is 30.9 Å². The van der Waals surface area contributed by atoms with Gasteiger partial charge in [0.15, 0.2) is 0 Å². The van der Waals surface area contributed by atoms with Crippen LogP contribution < -0.4 is 4.74 Å². The molecule has 0 spiro atoms. The Bertz CT molecular complexity index is 771. The zero-order valence-corrected chi connectivity index (χ0v) is 13.8. The molecule has 0 amide bonds. The van der Waals surface area contributed by atoms with Crippen LogP contribution in [0.3, 0.4) is 0 Å². The molecule has 1 unspecified atom stereocenters. The fourth-order valence-corrected chi connectivity index (χ4v) is 2.79. The molecule has 0 fully saturated rings. The second kappa shape index (κ2) is 7.90. The normalized spacial score (nSPS) is 12.5. The minimum absolute atomic E-state index is 0.269. The summed E-state index contributed by atoms with van der Waals surface area (Å²) >= 11 is 0. The molecule has 4 nitrogen and oxygen atoms in total. The minimum Gasteiger partial charge on any atom is -0.490 e. The van der Waals surface area contributed by atoms with E-state index in [1.165, 1.54) is 0 Å². The number of aliphatic hydroxyl groups is 1. The van der Waals surface area contributed by atoms with Crippen LogP contribution in [0, 0.1) is 0 Å². The third-order valence-corrected chi connectivity index (χ3v) is 3.88. The second-order valence-corrected chi connectivity index (χ2v) is 6.00. The van der Waals surface area contributed by atoms with Crippen molar-refractivity contribution >= 4 is 10.8 Å². The number of hydrogen-bond acceptors (Lipinski definition) is 4. The summed E-state index contributed by atoms with van der Waals surface area (Å²) in [5, 5.41) is 12.5. The molecule has 0 aliphatic heterocycles. The van der Waals surface area contributed by atoms with E-state index in [2.05, 4.69) is 22.0 Å². The molecule has 4 heteroatoms. The fourth-order valence-electron chi connectivity index (χ4n) is 2.79. The molecular weight excluding hydrogens is 300 g/mol. The number of ether oxygens (including phenoxy) is 1. The van der Waals surface area contributed by atoms with Gasteiger partial charge in [0.2, 0.25) is 0 Å². The maximum Gasteiger partial charge on any atom is 0.127 e. The Kier molecular flexibility index (Phi) is 5.41. The Morgan fingerprint density at radius 3 is 2.75 bits per heavy atom. The number of benzene rings is 2. The highest BCUT2D eigenvalue weighted by atomic mass is 16.5. The van der Waals surface area contributed by atoms with Gasteiger partial charge in [0.05, 0.1) is 0 Å². The van der Waals surface area contributed by atoms with Crippen LogP contribution >= 0.6 is 0 Å². The Hall–Kier alpha value is -2.43. The first-order valence-corrected chi connectivity index (χ1v) is 8.08. The minimum atomic E-state index is -0.550. The highest BCUT2D eigenvalue weighted by molar-refractivity contribution is 5.88. The van der Waals surface area contributed by atoms with Gasteiger partial charge >= 0.3 is 0 Å². The predicted octanol–water partition coefficient (Wildman–Crippen LogP) is 3.11. The maximum atomic E-state index is 10.2. The van der Waals surface area contributed by atoms with E-state index in [1.807, 2.05) is 55.7 Å². The molecule has 1 N–H and O–H groups in total. The Morgan fingerprint density at radius 2 is 1.92 bits per heavy atom. The molecule has 0 saturated carbocycles. The summed E-state index contributed by atoms with van der Waals surface area (Å²) < 4.78 is 5.84. The molecule has 2 aromatic carbocycles. The van der Waals surface area contributed by atoms with E-state index in [4.69, 9.17) is 4.74 Å². The first kappa shape index (κ1) is 16.4. The molecule has 1 aromatic heterocycles. The summed E-state index contributed by atoms with van der Waals surface area (Å²) in [5.74, 6) is 0.807. The third kappa shape index (κ3) is 4.31. The van der Waals surface area contributed by atoms with Gasteiger partial charge in [-0.25, -0.2) is 0 Å². The van der Waals surface area contributed by atoms with Crippen LogP contribution in [0.5, 0.6) is 5.75 Å². The highest BCUT2D eigenvalue weighted by Crippen LogP contribution is 2.25. The molecule has 3 rings (SSSR count). The Balaban J connectivity index is 1.54. The number of nitrogens with zero attached hydrogens (tertiary/aromatic N) is 2. The summed E-state index contributed by atoms with van der Waals surface area (Å²) in [6.45, 7) is 1.56. The van der Waals surface area contributed by atoms with Gasteiger partial charge in [-0.2, -0.15) is 0 Å². The smallest absolute Gasteiger partial charge is 0.127 e. The van der Waals surface area contributed by atoms with E-state index in [-0.39, 0.29) is 6.61 Å².